The third kappa shape index (κ3) is 2.50. The normalized spacial score (nSPS) is 11.5. The third-order valence-corrected chi connectivity index (χ3v) is 2.55. The van der Waals surface area contributed by atoms with Crippen LogP contribution in [0, 0.1) is 12.7 Å². The van der Waals surface area contributed by atoms with Gasteiger partial charge in [-0.1, -0.05) is 36.4 Å². The van der Waals surface area contributed by atoms with Gasteiger partial charge in [0.2, 0.25) is 0 Å². The predicted molar refractivity (Wildman–Crippen MR) is 68.0 cm³/mol. The van der Waals surface area contributed by atoms with Gasteiger partial charge in [-0.05, 0) is 19.1 Å². The Hall–Kier alpha value is -2.16. The maximum absolute atomic E-state index is 13.3. The fraction of sp³-hybridized carbons (Fsp3) is 0.0714. The van der Waals surface area contributed by atoms with E-state index in [0.717, 1.165) is 5.56 Å². The van der Waals surface area contributed by atoms with Crippen molar-refractivity contribution >= 4 is 11.5 Å². The van der Waals surface area contributed by atoms with Crippen LogP contribution < -0.4 is 5.73 Å². The summed E-state index contributed by atoms with van der Waals surface area (Å²) in [6, 6.07) is 14.2. The van der Waals surface area contributed by atoms with Crippen LogP contribution in [0.1, 0.15) is 11.1 Å². The van der Waals surface area contributed by atoms with Gasteiger partial charge in [0, 0.05) is 11.1 Å². The monoisotopic (exact) mass is 228 g/mol. The lowest BCUT2D eigenvalue weighted by Crippen LogP contribution is -2.12. The summed E-state index contributed by atoms with van der Waals surface area (Å²) in [7, 11) is 0. The lowest BCUT2D eigenvalue weighted by Gasteiger charge is -2.04. The minimum absolute atomic E-state index is 0.271. The summed E-state index contributed by atoms with van der Waals surface area (Å²) in [6.45, 7) is 1.69. The fourth-order valence-electron chi connectivity index (χ4n) is 1.52. The molecule has 2 nitrogen and oxygen atoms in total. The number of benzene rings is 2. The Kier molecular flexibility index (Phi) is 3.19. The van der Waals surface area contributed by atoms with Gasteiger partial charge in [-0.25, -0.2) is 9.38 Å². The van der Waals surface area contributed by atoms with Crippen molar-refractivity contribution in [2.75, 3.05) is 0 Å². The third-order valence-electron chi connectivity index (χ3n) is 2.55. The molecule has 0 spiro atoms. The summed E-state index contributed by atoms with van der Waals surface area (Å²) in [6.07, 6.45) is 0. The number of aliphatic imine (C=N–C) groups is 1. The summed E-state index contributed by atoms with van der Waals surface area (Å²) in [5.41, 5.74) is 7.77. The number of hydrogen-bond donors (Lipinski definition) is 1. The highest BCUT2D eigenvalue weighted by atomic mass is 19.1. The van der Waals surface area contributed by atoms with Crippen LogP contribution in [0.2, 0.25) is 0 Å². The van der Waals surface area contributed by atoms with Crippen molar-refractivity contribution < 1.29 is 4.39 Å². The average Bonchev–Trinajstić information content (AvgIpc) is 2.36. The van der Waals surface area contributed by atoms with Crippen LogP contribution in [0.3, 0.4) is 0 Å². The lowest BCUT2D eigenvalue weighted by molar-refractivity contribution is 0.619. The first-order valence-electron chi connectivity index (χ1n) is 5.33. The Labute approximate surface area is 99.6 Å². The number of amidine groups is 1. The second kappa shape index (κ2) is 4.78. The van der Waals surface area contributed by atoms with E-state index in [0.29, 0.717) is 17.1 Å². The molecule has 3 heteroatoms. The second-order valence-electron chi connectivity index (χ2n) is 3.75. The maximum Gasteiger partial charge on any atom is 0.131 e. The van der Waals surface area contributed by atoms with Gasteiger partial charge < -0.3 is 5.73 Å². The molecule has 0 heterocycles. The van der Waals surface area contributed by atoms with Gasteiger partial charge in [-0.2, -0.15) is 0 Å². The average molecular weight is 228 g/mol. The molecule has 0 radical (unpaired) electrons. The van der Waals surface area contributed by atoms with Gasteiger partial charge in [-0.15, -0.1) is 0 Å². The Morgan fingerprint density at radius 3 is 2.47 bits per heavy atom. The van der Waals surface area contributed by atoms with Crippen molar-refractivity contribution in [1.82, 2.24) is 0 Å². The molecule has 86 valence electrons. The van der Waals surface area contributed by atoms with Crippen molar-refractivity contribution in [2.45, 2.75) is 6.92 Å². The highest BCUT2D eigenvalue weighted by molar-refractivity contribution is 5.99. The van der Waals surface area contributed by atoms with Crippen LogP contribution in [0.15, 0.2) is 53.5 Å². The summed E-state index contributed by atoms with van der Waals surface area (Å²) in [4.78, 5) is 4.24. The topological polar surface area (TPSA) is 38.4 Å². The molecule has 0 aliphatic heterocycles. The molecule has 0 unspecified atom stereocenters. The highest BCUT2D eigenvalue weighted by Crippen LogP contribution is 2.21. The Balaban J connectivity index is 2.40. The van der Waals surface area contributed by atoms with Crippen LogP contribution >= 0.6 is 0 Å². The smallest absolute Gasteiger partial charge is 0.131 e. The van der Waals surface area contributed by atoms with E-state index in [4.69, 9.17) is 5.73 Å². The summed E-state index contributed by atoms with van der Waals surface area (Å²) >= 11 is 0. The summed E-state index contributed by atoms with van der Waals surface area (Å²) in [5, 5.41) is 0. The van der Waals surface area contributed by atoms with Crippen LogP contribution in [0.4, 0.5) is 10.1 Å². The molecule has 0 atom stereocenters. The molecule has 0 saturated heterocycles. The number of nitrogens with two attached hydrogens (primary N) is 1. The van der Waals surface area contributed by atoms with Crippen molar-refractivity contribution in [3.63, 3.8) is 0 Å². The molecule has 0 bridgehead atoms. The first-order valence-corrected chi connectivity index (χ1v) is 5.33. The predicted octanol–water partition coefficient (Wildman–Crippen LogP) is 3.17. The minimum atomic E-state index is -0.271. The first-order chi connectivity index (χ1) is 8.18. The van der Waals surface area contributed by atoms with Crippen molar-refractivity contribution in [2.24, 2.45) is 10.7 Å². The van der Waals surface area contributed by atoms with Gasteiger partial charge in [0.25, 0.3) is 0 Å². The largest absolute Gasteiger partial charge is 0.383 e. The molecule has 0 fully saturated rings. The summed E-state index contributed by atoms with van der Waals surface area (Å²) in [5.74, 6) is 0.117. The second-order valence-corrected chi connectivity index (χ2v) is 3.75. The molecule has 0 saturated carbocycles. The molecule has 2 N–H and O–H groups in total. The zero-order valence-corrected chi connectivity index (χ0v) is 9.52. The number of rotatable bonds is 2. The Morgan fingerprint density at radius 1 is 1.06 bits per heavy atom. The van der Waals surface area contributed by atoms with Crippen molar-refractivity contribution in [1.29, 1.82) is 0 Å². The zero-order valence-electron chi connectivity index (χ0n) is 9.52. The molecule has 0 amide bonds. The van der Waals surface area contributed by atoms with E-state index < -0.39 is 0 Å². The standard InChI is InChI=1S/C14H13FN2/c1-10-12(15)8-5-9-13(10)17-14(16)11-6-3-2-4-7-11/h2-9H,1H3,(H2,16,17). The fourth-order valence-corrected chi connectivity index (χ4v) is 1.52. The zero-order chi connectivity index (χ0) is 12.3. The van der Waals surface area contributed by atoms with Gasteiger partial charge >= 0.3 is 0 Å². The van der Waals surface area contributed by atoms with E-state index in [1.807, 2.05) is 30.3 Å². The number of hydrogen-bond acceptors (Lipinski definition) is 1. The SMILES string of the molecule is Cc1c(F)cccc1N=C(N)c1ccccc1. The summed E-state index contributed by atoms with van der Waals surface area (Å²) < 4.78 is 13.3. The van der Waals surface area contributed by atoms with Crippen LogP contribution in [0.5, 0.6) is 0 Å². The molecule has 0 aromatic heterocycles. The molecule has 2 aromatic carbocycles. The van der Waals surface area contributed by atoms with E-state index in [9.17, 15) is 4.39 Å². The van der Waals surface area contributed by atoms with Gasteiger partial charge in [0.15, 0.2) is 0 Å². The number of nitrogens with zero attached hydrogens (tertiary/aromatic N) is 1. The van der Waals surface area contributed by atoms with Gasteiger partial charge in [-0.3, -0.25) is 0 Å². The van der Waals surface area contributed by atoms with Crippen LogP contribution in [-0.2, 0) is 0 Å². The minimum Gasteiger partial charge on any atom is -0.383 e. The molecule has 2 aromatic rings. The quantitative estimate of drug-likeness (QED) is 0.622. The van der Waals surface area contributed by atoms with Crippen LogP contribution in [-0.4, -0.2) is 5.84 Å². The molecular formula is C14H13FN2. The number of halogens is 1. The van der Waals surface area contributed by atoms with Crippen LogP contribution in [0.25, 0.3) is 0 Å². The highest BCUT2D eigenvalue weighted by Gasteiger charge is 2.03. The van der Waals surface area contributed by atoms with E-state index in [-0.39, 0.29) is 5.82 Å². The van der Waals surface area contributed by atoms with Gasteiger partial charge in [0.05, 0.1) is 5.69 Å². The van der Waals surface area contributed by atoms with E-state index >= 15 is 0 Å². The Bertz CT molecular complexity index is 547. The van der Waals surface area contributed by atoms with E-state index in [1.165, 1.54) is 6.07 Å². The molecule has 17 heavy (non-hydrogen) atoms. The van der Waals surface area contributed by atoms with E-state index in [2.05, 4.69) is 4.99 Å². The van der Waals surface area contributed by atoms with Crippen molar-refractivity contribution in [3.05, 3.63) is 65.5 Å². The first kappa shape index (κ1) is 11.3. The lowest BCUT2D eigenvalue weighted by atomic mass is 10.2. The molecule has 0 aliphatic rings. The molecule has 2 rings (SSSR count). The van der Waals surface area contributed by atoms with Crippen molar-refractivity contribution in [3.8, 4) is 0 Å². The molecule has 0 aliphatic carbocycles. The van der Waals surface area contributed by atoms with Gasteiger partial charge in [0.1, 0.15) is 11.7 Å². The molecular weight excluding hydrogens is 215 g/mol. The Morgan fingerprint density at radius 2 is 1.76 bits per heavy atom. The van der Waals surface area contributed by atoms with E-state index in [1.54, 1.807) is 19.1 Å². The maximum atomic E-state index is 13.3.